The highest BCUT2D eigenvalue weighted by Crippen LogP contribution is 2.50. The average molecular weight is 999 g/mol. The zero-order chi connectivity index (χ0) is 53.0. The number of rotatable bonds is 10. The maximum absolute atomic E-state index is 14.3. The summed E-state index contributed by atoms with van der Waals surface area (Å²) in [6.45, 7) is 40.7. The van der Waals surface area contributed by atoms with E-state index in [0.29, 0.717) is 10.6 Å². The van der Waals surface area contributed by atoms with Gasteiger partial charge in [-0.1, -0.05) is 228 Å². The summed E-state index contributed by atoms with van der Waals surface area (Å²) < 4.78 is 29.1. The highest BCUT2D eigenvalue weighted by atomic mass is 31.2. The molecule has 6 heteroatoms. The van der Waals surface area contributed by atoms with E-state index >= 15 is 0 Å². The van der Waals surface area contributed by atoms with E-state index in [-0.39, 0.29) is 32.5 Å². The second-order valence-corrected chi connectivity index (χ2v) is 29.5. The molecule has 1 unspecified atom stereocenters. The van der Waals surface area contributed by atoms with Gasteiger partial charge in [0.15, 0.2) is 0 Å². The van der Waals surface area contributed by atoms with E-state index in [9.17, 15) is 9.46 Å². The molecule has 1 atom stereocenters. The summed E-state index contributed by atoms with van der Waals surface area (Å²) in [5, 5.41) is 1.71. The molecule has 7 aromatic carbocycles. The summed E-state index contributed by atoms with van der Waals surface area (Å²) in [6, 6.07) is 52.0. The predicted molar refractivity (Wildman–Crippen MR) is 311 cm³/mol. The first-order valence-electron chi connectivity index (χ1n) is 25.6. The minimum atomic E-state index is -3.92. The molecule has 7 rings (SSSR count). The second kappa shape index (κ2) is 19.9. The van der Waals surface area contributed by atoms with E-state index in [2.05, 4.69) is 197 Å². The van der Waals surface area contributed by atoms with Crippen LogP contribution in [0.5, 0.6) is 11.5 Å². The standard InChI is InChI=1S/C66H80O4P2/c1-61(2,3)47-28-36-54(56(40-47)64(10,11)12)55-43-50(31-37-53(55)46-26-34-52(35-27-46)72(67,68)51-32-24-45(25-33-51)44-22-20-19-21-23-44)71(69-59-38-29-48(62(4,5)6)41-57(59)65(13,14)15)70-60-39-30-49(63(7,8)9)42-58(60)66(16,17)18/h19-43H,1-18H3,(H,67,68). The normalized spacial score (nSPS) is 13.8. The molecule has 0 aliphatic carbocycles. The summed E-state index contributed by atoms with van der Waals surface area (Å²) in [4.78, 5) is 11.7. The lowest BCUT2D eigenvalue weighted by Gasteiger charge is -2.31. The molecule has 0 fully saturated rings. The van der Waals surface area contributed by atoms with Gasteiger partial charge in [-0.15, -0.1) is 0 Å². The fourth-order valence-electron chi connectivity index (χ4n) is 9.09. The van der Waals surface area contributed by atoms with Crippen molar-refractivity contribution in [3.05, 3.63) is 185 Å². The Morgan fingerprint density at radius 1 is 0.361 bits per heavy atom. The number of hydrogen-bond donors (Lipinski definition) is 1. The van der Waals surface area contributed by atoms with Gasteiger partial charge >= 0.3 is 8.38 Å². The van der Waals surface area contributed by atoms with Crippen molar-refractivity contribution in [2.75, 3.05) is 0 Å². The molecule has 0 aliphatic rings. The number of hydrogen-bond acceptors (Lipinski definition) is 3. The monoisotopic (exact) mass is 999 g/mol. The molecule has 0 saturated carbocycles. The van der Waals surface area contributed by atoms with Gasteiger partial charge in [0.25, 0.3) is 7.37 Å². The molecule has 1 N–H and O–H groups in total. The van der Waals surface area contributed by atoms with Crippen molar-refractivity contribution in [2.45, 2.75) is 157 Å². The molecule has 0 spiro atoms. The molecule has 72 heavy (non-hydrogen) atoms. The fraction of sp³-hybridized carbons (Fsp3) is 0.364. The Hall–Kier alpha value is -5.24. The third kappa shape index (κ3) is 12.2. The van der Waals surface area contributed by atoms with Crippen molar-refractivity contribution < 1.29 is 18.5 Å². The van der Waals surface area contributed by atoms with Gasteiger partial charge in [-0.25, -0.2) is 0 Å². The third-order valence-corrected chi connectivity index (χ3v) is 17.1. The van der Waals surface area contributed by atoms with Gasteiger partial charge in [0.05, 0.1) is 5.30 Å². The molecule has 0 aromatic heterocycles. The Balaban J connectivity index is 1.43. The lowest BCUT2D eigenvalue weighted by molar-refractivity contribution is 0.466. The topological polar surface area (TPSA) is 55.8 Å². The van der Waals surface area contributed by atoms with Crippen LogP contribution in [-0.4, -0.2) is 4.89 Å². The molecule has 0 saturated heterocycles. The highest BCUT2D eigenvalue weighted by molar-refractivity contribution is 7.73. The lowest BCUT2D eigenvalue weighted by Crippen LogP contribution is -2.20. The molecule has 0 radical (unpaired) electrons. The van der Waals surface area contributed by atoms with Crippen LogP contribution in [-0.2, 0) is 37.1 Å². The zero-order valence-corrected chi connectivity index (χ0v) is 48.3. The van der Waals surface area contributed by atoms with E-state index < -0.39 is 15.7 Å². The molecular formula is C66H80O4P2. The van der Waals surface area contributed by atoms with Crippen LogP contribution in [0.1, 0.15) is 158 Å². The van der Waals surface area contributed by atoms with E-state index in [0.717, 1.165) is 61.3 Å². The van der Waals surface area contributed by atoms with Crippen molar-refractivity contribution in [3.63, 3.8) is 0 Å². The zero-order valence-electron chi connectivity index (χ0n) is 46.5. The lowest BCUT2D eigenvalue weighted by atomic mass is 9.76. The summed E-state index contributed by atoms with van der Waals surface area (Å²) in [6.07, 6.45) is 0. The molecule has 378 valence electrons. The predicted octanol–water partition coefficient (Wildman–Crippen LogP) is 17.8. The first-order chi connectivity index (χ1) is 33.2. The average Bonchev–Trinajstić information content (AvgIpc) is 3.29. The van der Waals surface area contributed by atoms with Gasteiger partial charge in [-0.3, -0.25) is 4.57 Å². The first kappa shape index (κ1) is 54.5. The SMILES string of the molecule is CC(C)(C)c1ccc(OP(Oc2ccc(C(C)(C)C)cc2C(C)(C)C)c2ccc(-c3ccc(P(=O)(O)c4ccc(-c5ccccc5)cc4)cc3)c(-c3ccc(C(C)(C)C)cc3C(C)(C)C)c2)c(C(C)(C)C)c1. The van der Waals surface area contributed by atoms with E-state index in [1.165, 1.54) is 22.3 Å². The van der Waals surface area contributed by atoms with Crippen molar-refractivity contribution in [1.82, 2.24) is 0 Å². The first-order valence-corrected chi connectivity index (χ1v) is 28.4. The van der Waals surface area contributed by atoms with Gasteiger partial charge in [0.2, 0.25) is 0 Å². The van der Waals surface area contributed by atoms with Crippen LogP contribution in [0.15, 0.2) is 152 Å². The summed E-state index contributed by atoms with van der Waals surface area (Å²) in [5.74, 6) is 1.61. The van der Waals surface area contributed by atoms with Crippen LogP contribution < -0.4 is 25.0 Å². The van der Waals surface area contributed by atoms with Crippen LogP contribution in [0, 0.1) is 0 Å². The van der Waals surface area contributed by atoms with E-state index in [4.69, 9.17) is 9.05 Å². The highest BCUT2D eigenvalue weighted by Gasteiger charge is 2.32. The molecule has 0 heterocycles. The van der Waals surface area contributed by atoms with Crippen molar-refractivity contribution >= 4 is 31.7 Å². The van der Waals surface area contributed by atoms with Crippen LogP contribution in [0.4, 0.5) is 0 Å². The Bertz CT molecular complexity index is 3010. The largest absolute Gasteiger partial charge is 0.435 e. The Kier molecular flexibility index (Phi) is 15.1. The van der Waals surface area contributed by atoms with Crippen molar-refractivity contribution in [1.29, 1.82) is 0 Å². The maximum atomic E-state index is 14.3. The van der Waals surface area contributed by atoms with E-state index in [1.54, 1.807) is 12.1 Å². The Morgan fingerprint density at radius 2 is 0.736 bits per heavy atom. The molecule has 0 aliphatic heterocycles. The molecule has 0 bridgehead atoms. The van der Waals surface area contributed by atoms with Crippen molar-refractivity contribution in [2.24, 2.45) is 0 Å². The summed E-state index contributed by atoms with van der Waals surface area (Å²) >= 11 is 0. The van der Waals surface area contributed by atoms with Gasteiger partial charge in [0.1, 0.15) is 11.5 Å². The smallest absolute Gasteiger partial charge is 0.326 e. The minimum Gasteiger partial charge on any atom is -0.435 e. The molecule has 4 nitrogen and oxygen atoms in total. The van der Waals surface area contributed by atoms with E-state index in [1.807, 2.05) is 66.7 Å². The second-order valence-electron chi connectivity index (χ2n) is 25.9. The van der Waals surface area contributed by atoms with Crippen LogP contribution in [0.2, 0.25) is 0 Å². The van der Waals surface area contributed by atoms with Crippen molar-refractivity contribution in [3.8, 4) is 44.9 Å². The fourth-order valence-corrected chi connectivity index (χ4v) is 11.9. The summed E-state index contributed by atoms with van der Waals surface area (Å²) in [7, 11) is -5.71. The van der Waals surface area contributed by atoms with Crippen LogP contribution in [0.3, 0.4) is 0 Å². The number of benzene rings is 7. The van der Waals surface area contributed by atoms with Gasteiger partial charge in [-0.2, -0.15) is 0 Å². The third-order valence-electron chi connectivity index (χ3n) is 13.7. The summed E-state index contributed by atoms with van der Waals surface area (Å²) in [5.41, 5.74) is 12.6. The minimum absolute atomic E-state index is 0.0470. The Labute approximate surface area is 435 Å². The Morgan fingerprint density at radius 3 is 1.15 bits per heavy atom. The van der Waals surface area contributed by atoms with Gasteiger partial charge in [0, 0.05) is 21.7 Å². The molecular weight excluding hydrogens is 919 g/mol. The van der Waals surface area contributed by atoms with Crippen LogP contribution >= 0.6 is 15.7 Å². The van der Waals surface area contributed by atoms with Gasteiger partial charge in [-0.05, 0) is 137 Å². The van der Waals surface area contributed by atoms with Crippen LogP contribution in [0.25, 0.3) is 33.4 Å². The van der Waals surface area contributed by atoms with Gasteiger partial charge < -0.3 is 13.9 Å². The molecule has 7 aromatic rings. The molecule has 0 amide bonds. The quantitative estimate of drug-likeness (QED) is 0.139. The maximum Gasteiger partial charge on any atom is 0.326 e.